The first-order chi connectivity index (χ1) is 10.1. The van der Waals surface area contributed by atoms with Crippen LogP contribution in [-0.2, 0) is 4.79 Å². The number of carbonyl (C=O) groups excluding carboxylic acids is 1. The maximum Gasteiger partial charge on any atom is 0.244 e. The van der Waals surface area contributed by atoms with Crippen molar-refractivity contribution in [3.8, 4) is 11.5 Å². The van der Waals surface area contributed by atoms with E-state index >= 15 is 0 Å². The summed E-state index contributed by atoms with van der Waals surface area (Å²) in [5.41, 5.74) is 0.670. The van der Waals surface area contributed by atoms with Gasteiger partial charge in [0, 0.05) is 12.1 Å². The van der Waals surface area contributed by atoms with Crippen molar-refractivity contribution in [1.29, 1.82) is 0 Å². The minimum Gasteiger partial charge on any atom is -0.497 e. The molecule has 2 rings (SSSR count). The normalized spacial score (nSPS) is 10.0. The van der Waals surface area contributed by atoms with Crippen LogP contribution >= 0.6 is 0 Å². The second-order valence-corrected chi connectivity index (χ2v) is 4.29. The predicted molar refractivity (Wildman–Crippen MR) is 77.9 cm³/mol. The predicted octanol–water partition coefficient (Wildman–Crippen LogP) is 2.05. The van der Waals surface area contributed by atoms with Crippen molar-refractivity contribution in [2.24, 2.45) is 0 Å². The summed E-state index contributed by atoms with van der Waals surface area (Å²) in [6, 6.07) is 6.94. The third-order valence-electron chi connectivity index (χ3n) is 2.74. The lowest BCUT2D eigenvalue weighted by Gasteiger charge is -2.12. The molecule has 2 N–H and O–H groups in total. The molecule has 1 heterocycles. The Morgan fingerprint density at radius 1 is 1.29 bits per heavy atom. The maximum absolute atomic E-state index is 11.8. The summed E-state index contributed by atoms with van der Waals surface area (Å²) in [6.45, 7) is 1.82. The Bertz CT molecular complexity index is 624. The van der Waals surface area contributed by atoms with Crippen molar-refractivity contribution in [2.75, 3.05) is 31.4 Å². The third kappa shape index (κ3) is 3.88. The molecule has 7 nitrogen and oxygen atoms in total. The number of rotatable bonds is 6. The van der Waals surface area contributed by atoms with E-state index in [2.05, 4.69) is 15.8 Å². The molecule has 2 aromatic rings. The molecule has 0 saturated carbocycles. The molecule has 0 radical (unpaired) electrons. The largest absolute Gasteiger partial charge is 0.497 e. The minimum absolute atomic E-state index is 0.0649. The van der Waals surface area contributed by atoms with Crippen LogP contribution in [0.2, 0.25) is 0 Å². The van der Waals surface area contributed by atoms with Crippen LogP contribution < -0.4 is 20.1 Å². The van der Waals surface area contributed by atoms with Gasteiger partial charge in [0.05, 0.1) is 26.5 Å². The van der Waals surface area contributed by atoms with Crippen LogP contribution in [0.5, 0.6) is 11.5 Å². The number of anilines is 2. The highest BCUT2D eigenvalue weighted by molar-refractivity contribution is 5.93. The molecule has 0 atom stereocenters. The fourth-order valence-electron chi connectivity index (χ4n) is 1.74. The van der Waals surface area contributed by atoms with Crippen molar-refractivity contribution in [1.82, 2.24) is 5.16 Å². The highest BCUT2D eigenvalue weighted by Crippen LogP contribution is 2.28. The molecule has 21 heavy (non-hydrogen) atoms. The summed E-state index contributed by atoms with van der Waals surface area (Å²) in [7, 11) is 3.14. The summed E-state index contributed by atoms with van der Waals surface area (Å²) in [5, 5.41) is 9.30. The molecule has 0 aliphatic carbocycles. The van der Waals surface area contributed by atoms with Gasteiger partial charge in [-0.3, -0.25) is 4.79 Å². The molecule has 112 valence electrons. The summed E-state index contributed by atoms with van der Waals surface area (Å²) < 4.78 is 15.2. The van der Waals surface area contributed by atoms with Crippen LogP contribution in [0.25, 0.3) is 0 Å². The summed E-state index contributed by atoms with van der Waals surface area (Å²) in [6.07, 6.45) is 0. The molecule has 0 aliphatic rings. The van der Waals surface area contributed by atoms with Gasteiger partial charge in [0.15, 0.2) is 5.82 Å². The molecule has 0 spiro atoms. The quantitative estimate of drug-likeness (QED) is 0.847. The van der Waals surface area contributed by atoms with Gasteiger partial charge in [0.2, 0.25) is 5.91 Å². The van der Waals surface area contributed by atoms with Crippen LogP contribution in [0.15, 0.2) is 28.8 Å². The monoisotopic (exact) mass is 291 g/mol. The van der Waals surface area contributed by atoms with E-state index in [4.69, 9.17) is 14.0 Å². The van der Waals surface area contributed by atoms with E-state index in [0.29, 0.717) is 28.8 Å². The SMILES string of the molecule is COc1ccc(OC)c(NCC(=O)Nc2cc(C)on2)c1. The van der Waals surface area contributed by atoms with Crippen LogP contribution in [0.1, 0.15) is 5.76 Å². The number of aromatic nitrogens is 1. The Labute approximate surface area is 122 Å². The molecule has 0 unspecified atom stereocenters. The molecule has 0 aliphatic heterocycles. The zero-order chi connectivity index (χ0) is 15.2. The first kappa shape index (κ1) is 14.7. The molecule has 0 bridgehead atoms. The Morgan fingerprint density at radius 2 is 2.10 bits per heavy atom. The number of benzene rings is 1. The van der Waals surface area contributed by atoms with Gasteiger partial charge in [-0.1, -0.05) is 5.16 Å². The molecule has 1 amide bonds. The zero-order valence-corrected chi connectivity index (χ0v) is 12.1. The van der Waals surface area contributed by atoms with Gasteiger partial charge in [-0.05, 0) is 19.1 Å². The number of ether oxygens (including phenoxy) is 2. The van der Waals surface area contributed by atoms with E-state index in [0.717, 1.165) is 0 Å². The minimum atomic E-state index is -0.242. The van der Waals surface area contributed by atoms with Crippen molar-refractivity contribution < 1.29 is 18.8 Å². The zero-order valence-electron chi connectivity index (χ0n) is 12.1. The van der Waals surface area contributed by atoms with Crippen LogP contribution in [0, 0.1) is 6.92 Å². The second-order valence-electron chi connectivity index (χ2n) is 4.29. The van der Waals surface area contributed by atoms with E-state index in [1.807, 2.05) is 0 Å². The molecule has 1 aromatic heterocycles. The van der Waals surface area contributed by atoms with Crippen molar-refractivity contribution in [2.45, 2.75) is 6.92 Å². The summed E-state index contributed by atoms with van der Waals surface area (Å²) in [4.78, 5) is 11.8. The highest BCUT2D eigenvalue weighted by atomic mass is 16.5. The lowest BCUT2D eigenvalue weighted by atomic mass is 10.2. The number of amides is 1. The van der Waals surface area contributed by atoms with Crippen LogP contribution in [-0.4, -0.2) is 31.8 Å². The highest BCUT2D eigenvalue weighted by Gasteiger charge is 2.09. The lowest BCUT2D eigenvalue weighted by Crippen LogP contribution is -2.22. The van der Waals surface area contributed by atoms with Crippen LogP contribution in [0.3, 0.4) is 0 Å². The Balaban J connectivity index is 1.97. The van der Waals surface area contributed by atoms with Crippen molar-refractivity contribution >= 4 is 17.4 Å². The van der Waals surface area contributed by atoms with Gasteiger partial charge in [-0.25, -0.2) is 0 Å². The van der Waals surface area contributed by atoms with Gasteiger partial charge < -0.3 is 24.6 Å². The summed E-state index contributed by atoms with van der Waals surface area (Å²) in [5.74, 6) is 2.07. The second kappa shape index (κ2) is 6.65. The number of hydrogen-bond acceptors (Lipinski definition) is 6. The smallest absolute Gasteiger partial charge is 0.244 e. The maximum atomic E-state index is 11.8. The first-order valence-corrected chi connectivity index (χ1v) is 6.31. The molecular weight excluding hydrogens is 274 g/mol. The average molecular weight is 291 g/mol. The van der Waals surface area contributed by atoms with E-state index in [1.54, 1.807) is 45.4 Å². The van der Waals surface area contributed by atoms with Gasteiger partial charge in [0.1, 0.15) is 17.3 Å². The lowest BCUT2D eigenvalue weighted by molar-refractivity contribution is -0.114. The fourth-order valence-corrected chi connectivity index (χ4v) is 1.74. The number of methoxy groups -OCH3 is 2. The molecule has 0 saturated heterocycles. The van der Waals surface area contributed by atoms with E-state index in [1.165, 1.54) is 0 Å². The van der Waals surface area contributed by atoms with Gasteiger partial charge >= 0.3 is 0 Å². The fraction of sp³-hybridized carbons (Fsp3) is 0.286. The standard InChI is InChI=1S/C14H17N3O4/c1-9-6-13(17-21-9)16-14(18)8-15-11-7-10(19-2)4-5-12(11)20-3/h4-7,15H,8H2,1-3H3,(H,16,17,18). The van der Waals surface area contributed by atoms with Crippen molar-refractivity contribution in [3.05, 3.63) is 30.0 Å². The molecule has 0 fully saturated rings. The van der Waals surface area contributed by atoms with E-state index in [9.17, 15) is 4.79 Å². The summed E-state index contributed by atoms with van der Waals surface area (Å²) >= 11 is 0. The van der Waals surface area contributed by atoms with Crippen LogP contribution in [0.4, 0.5) is 11.5 Å². The van der Waals surface area contributed by atoms with E-state index in [-0.39, 0.29) is 12.5 Å². The Hall–Kier alpha value is -2.70. The number of hydrogen-bond donors (Lipinski definition) is 2. The molecular formula is C14H17N3O4. The van der Waals surface area contributed by atoms with Gasteiger partial charge in [0.25, 0.3) is 0 Å². The topological polar surface area (TPSA) is 85.6 Å². The molecule has 1 aromatic carbocycles. The van der Waals surface area contributed by atoms with E-state index < -0.39 is 0 Å². The Kier molecular flexibility index (Phi) is 4.65. The number of nitrogens with zero attached hydrogens (tertiary/aromatic N) is 1. The first-order valence-electron chi connectivity index (χ1n) is 6.31. The molecule has 7 heteroatoms. The average Bonchev–Trinajstić information content (AvgIpc) is 2.89. The third-order valence-corrected chi connectivity index (χ3v) is 2.74. The Morgan fingerprint density at radius 3 is 2.71 bits per heavy atom. The van der Waals surface area contributed by atoms with Gasteiger partial charge in [-0.2, -0.15) is 0 Å². The number of carbonyl (C=O) groups is 1. The number of nitrogens with one attached hydrogen (secondary N) is 2. The number of aryl methyl sites for hydroxylation is 1. The van der Waals surface area contributed by atoms with Gasteiger partial charge in [-0.15, -0.1) is 0 Å². The van der Waals surface area contributed by atoms with Crippen molar-refractivity contribution in [3.63, 3.8) is 0 Å².